The number of aryl methyl sites for hydroxylation is 1. The zero-order valence-electron chi connectivity index (χ0n) is 17.0. The number of nitrogens with one attached hydrogen (secondary N) is 1. The van der Waals surface area contributed by atoms with Gasteiger partial charge in [0.05, 0.1) is 12.8 Å². The number of amides is 1. The molecule has 0 aliphatic heterocycles. The second-order valence-electron chi connectivity index (χ2n) is 7.51. The molecule has 0 radical (unpaired) electrons. The van der Waals surface area contributed by atoms with Crippen LogP contribution in [0.5, 0.6) is 0 Å². The number of hydrogen-bond acceptors (Lipinski definition) is 5. The van der Waals surface area contributed by atoms with E-state index in [4.69, 9.17) is 4.42 Å². The van der Waals surface area contributed by atoms with Gasteiger partial charge in [-0.05, 0) is 56.0 Å². The Kier molecular flexibility index (Phi) is 5.76. The molecule has 0 bridgehead atoms. The molecule has 1 amide bonds. The third kappa shape index (κ3) is 4.24. The van der Waals surface area contributed by atoms with Gasteiger partial charge in [-0.25, -0.2) is 0 Å². The zero-order chi connectivity index (χ0) is 20.2. The summed E-state index contributed by atoms with van der Waals surface area (Å²) < 4.78 is 7.37. The van der Waals surface area contributed by atoms with Crippen LogP contribution in [0.2, 0.25) is 0 Å². The minimum atomic E-state index is -0.0559. The van der Waals surface area contributed by atoms with Gasteiger partial charge in [-0.1, -0.05) is 0 Å². The Morgan fingerprint density at radius 1 is 1.34 bits per heavy atom. The molecule has 4 rings (SSSR count). The third-order valence-corrected chi connectivity index (χ3v) is 5.51. The van der Waals surface area contributed by atoms with Crippen LogP contribution < -0.4 is 5.32 Å². The zero-order valence-corrected chi connectivity index (χ0v) is 17.0. The summed E-state index contributed by atoms with van der Waals surface area (Å²) in [4.78, 5) is 18.9. The molecule has 7 nitrogen and oxygen atoms in total. The molecular weight excluding hydrogens is 366 g/mol. The molecule has 0 spiro atoms. The van der Waals surface area contributed by atoms with E-state index in [9.17, 15) is 4.79 Å². The summed E-state index contributed by atoms with van der Waals surface area (Å²) >= 11 is 0. The van der Waals surface area contributed by atoms with E-state index < -0.39 is 0 Å². The molecule has 3 aromatic rings. The van der Waals surface area contributed by atoms with E-state index in [0.29, 0.717) is 18.3 Å². The molecule has 1 atom stereocenters. The summed E-state index contributed by atoms with van der Waals surface area (Å²) in [6.45, 7) is 4.07. The van der Waals surface area contributed by atoms with Crippen LogP contribution >= 0.6 is 0 Å². The van der Waals surface area contributed by atoms with E-state index in [1.807, 2.05) is 41.3 Å². The van der Waals surface area contributed by atoms with Crippen LogP contribution in [0.4, 0.5) is 0 Å². The topological polar surface area (TPSA) is 76.2 Å². The average molecular weight is 393 g/mol. The molecule has 7 heteroatoms. The summed E-state index contributed by atoms with van der Waals surface area (Å²) in [5, 5.41) is 8.31. The van der Waals surface area contributed by atoms with Crippen LogP contribution in [0.1, 0.15) is 46.4 Å². The predicted molar refractivity (Wildman–Crippen MR) is 109 cm³/mol. The molecule has 152 valence electrons. The van der Waals surface area contributed by atoms with Gasteiger partial charge in [0, 0.05) is 49.8 Å². The lowest BCUT2D eigenvalue weighted by Gasteiger charge is -2.25. The second kappa shape index (κ2) is 8.61. The molecule has 1 N–H and O–H groups in total. The minimum absolute atomic E-state index is 0.0559. The molecule has 0 aromatic carbocycles. The van der Waals surface area contributed by atoms with Crippen molar-refractivity contribution in [3.05, 3.63) is 71.2 Å². The third-order valence-electron chi connectivity index (χ3n) is 5.51. The summed E-state index contributed by atoms with van der Waals surface area (Å²) in [5.41, 5.74) is 4.07. The van der Waals surface area contributed by atoms with Gasteiger partial charge < -0.3 is 14.6 Å². The number of aromatic nitrogens is 3. The predicted octanol–water partition coefficient (Wildman–Crippen LogP) is 2.81. The van der Waals surface area contributed by atoms with Gasteiger partial charge in [-0.3, -0.25) is 14.5 Å². The molecule has 0 fully saturated rings. The number of pyridine rings is 1. The van der Waals surface area contributed by atoms with Crippen molar-refractivity contribution in [2.45, 2.75) is 51.9 Å². The highest BCUT2D eigenvalue weighted by Crippen LogP contribution is 2.26. The van der Waals surface area contributed by atoms with Crippen LogP contribution in [-0.2, 0) is 32.5 Å². The Labute approximate surface area is 170 Å². The SMILES string of the molecule is CCn1nc(C(=O)N(C)Cc2ccco2)c2c1CC[C@@H](NCc1ccncc1)C2. The van der Waals surface area contributed by atoms with Crippen LogP contribution in [0.15, 0.2) is 47.3 Å². The largest absolute Gasteiger partial charge is 0.467 e. The second-order valence-corrected chi connectivity index (χ2v) is 7.51. The Hall–Kier alpha value is -2.93. The fourth-order valence-corrected chi connectivity index (χ4v) is 3.95. The van der Waals surface area contributed by atoms with Gasteiger partial charge in [-0.15, -0.1) is 0 Å². The number of hydrogen-bond donors (Lipinski definition) is 1. The number of carbonyl (C=O) groups excluding carboxylic acids is 1. The number of furan rings is 1. The lowest BCUT2D eigenvalue weighted by atomic mass is 9.91. The maximum Gasteiger partial charge on any atom is 0.274 e. The van der Waals surface area contributed by atoms with E-state index in [1.165, 1.54) is 11.3 Å². The van der Waals surface area contributed by atoms with E-state index >= 15 is 0 Å². The molecule has 1 aliphatic carbocycles. The molecule has 0 saturated carbocycles. The Morgan fingerprint density at radius 2 is 2.17 bits per heavy atom. The average Bonchev–Trinajstić information content (AvgIpc) is 3.39. The highest BCUT2D eigenvalue weighted by atomic mass is 16.3. The first kappa shape index (κ1) is 19.4. The van der Waals surface area contributed by atoms with Gasteiger partial charge in [0.25, 0.3) is 5.91 Å². The van der Waals surface area contributed by atoms with Crippen molar-refractivity contribution >= 4 is 5.91 Å². The standard InChI is InChI=1S/C22H27N5O2/c1-3-27-20-7-6-17(24-14-16-8-10-23-11-9-16)13-19(20)21(25-27)22(28)26(2)15-18-5-4-12-29-18/h4-5,8-12,17,24H,3,6-7,13-15H2,1-2H3/t17-/m1/s1. The smallest absolute Gasteiger partial charge is 0.274 e. The van der Waals surface area contributed by atoms with E-state index in [2.05, 4.69) is 22.3 Å². The summed E-state index contributed by atoms with van der Waals surface area (Å²) in [7, 11) is 1.80. The van der Waals surface area contributed by atoms with Gasteiger partial charge in [0.1, 0.15) is 5.76 Å². The highest BCUT2D eigenvalue weighted by Gasteiger charge is 2.30. The van der Waals surface area contributed by atoms with E-state index in [0.717, 1.165) is 43.7 Å². The van der Waals surface area contributed by atoms with E-state index in [1.54, 1.807) is 18.2 Å². The van der Waals surface area contributed by atoms with Crippen molar-refractivity contribution in [1.82, 2.24) is 25.0 Å². The van der Waals surface area contributed by atoms with Crippen molar-refractivity contribution in [3.63, 3.8) is 0 Å². The first-order valence-corrected chi connectivity index (χ1v) is 10.1. The Morgan fingerprint density at radius 3 is 2.90 bits per heavy atom. The summed E-state index contributed by atoms with van der Waals surface area (Å²) in [5.74, 6) is 0.709. The number of carbonyl (C=O) groups is 1. The van der Waals surface area contributed by atoms with Gasteiger partial charge in [0.2, 0.25) is 0 Å². The molecular formula is C22H27N5O2. The first-order valence-electron chi connectivity index (χ1n) is 10.1. The van der Waals surface area contributed by atoms with Crippen molar-refractivity contribution < 1.29 is 9.21 Å². The van der Waals surface area contributed by atoms with E-state index in [-0.39, 0.29) is 5.91 Å². The summed E-state index contributed by atoms with van der Waals surface area (Å²) in [6, 6.07) is 8.08. The molecule has 3 heterocycles. The normalized spacial score (nSPS) is 15.9. The lowest BCUT2D eigenvalue weighted by molar-refractivity contribution is 0.0767. The van der Waals surface area contributed by atoms with Gasteiger partial charge >= 0.3 is 0 Å². The van der Waals surface area contributed by atoms with Crippen LogP contribution in [0.25, 0.3) is 0 Å². The Balaban J connectivity index is 1.49. The first-order chi connectivity index (χ1) is 14.2. The minimum Gasteiger partial charge on any atom is -0.467 e. The summed E-state index contributed by atoms with van der Waals surface area (Å²) in [6.07, 6.45) is 8.04. The maximum absolute atomic E-state index is 13.1. The number of fused-ring (bicyclic) bond motifs is 1. The van der Waals surface area contributed by atoms with Crippen LogP contribution in [0, 0.1) is 0 Å². The quantitative estimate of drug-likeness (QED) is 0.668. The molecule has 3 aromatic heterocycles. The van der Waals surface area contributed by atoms with Gasteiger partial charge in [0.15, 0.2) is 5.69 Å². The van der Waals surface area contributed by atoms with Crippen molar-refractivity contribution in [3.8, 4) is 0 Å². The fourth-order valence-electron chi connectivity index (χ4n) is 3.95. The Bertz CT molecular complexity index is 949. The molecule has 0 saturated heterocycles. The van der Waals surface area contributed by atoms with Crippen molar-refractivity contribution in [2.75, 3.05) is 7.05 Å². The van der Waals surface area contributed by atoms with Crippen LogP contribution in [-0.4, -0.2) is 38.7 Å². The fraction of sp³-hybridized carbons (Fsp3) is 0.409. The number of nitrogens with zero attached hydrogens (tertiary/aromatic N) is 4. The van der Waals surface area contributed by atoms with Crippen molar-refractivity contribution in [1.29, 1.82) is 0 Å². The number of rotatable bonds is 7. The van der Waals surface area contributed by atoms with Crippen molar-refractivity contribution in [2.24, 2.45) is 0 Å². The highest BCUT2D eigenvalue weighted by molar-refractivity contribution is 5.94. The maximum atomic E-state index is 13.1. The molecule has 29 heavy (non-hydrogen) atoms. The molecule has 0 unspecified atom stereocenters. The van der Waals surface area contributed by atoms with Gasteiger partial charge in [-0.2, -0.15) is 5.10 Å². The van der Waals surface area contributed by atoms with Crippen LogP contribution in [0.3, 0.4) is 0 Å². The monoisotopic (exact) mass is 393 g/mol. The lowest BCUT2D eigenvalue weighted by Crippen LogP contribution is -2.35. The molecule has 1 aliphatic rings.